The lowest BCUT2D eigenvalue weighted by Crippen LogP contribution is -2.24. The zero-order valence-corrected chi connectivity index (χ0v) is 21.1. The molecule has 0 amide bonds. The molecule has 10 nitrogen and oxygen atoms in total. The topological polar surface area (TPSA) is 164 Å². The van der Waals surface area contributed by atoms with Crippen LogP contribution in [0, 0.1) is 12.3 Å². The molecule has 3 heterocycles. The van der Waals surface area contributed by atoms with E-state index in [-0.39, 0.29) is 23.6 Å². The number of nitrogens with zero attached hydrogens (tertiary/aromatic N) is 4. The van der Waals surface area contributed by atoms with Crippen molar-refractivity contribution in [2.75, 3.05) is 16.8 Å². The van der Waals surface area contributed by atoms with E-state index < -0.39 is 0 Å². The molecular weight excluding hydrogens is 490 g/mol. The summed E-state index contributed by atoms with van der Waals surface area (Å²) >= 11 is 0. The van der Waals surface area contributed by atoms with Gasteiger partial charge in [0.15, 0.2) is 5.95 Å². The number of aryl methyl sites for hydroxylation is 1. The third-order valence-electron chi connectivity index (χ3n) is 6.70. The highest BCUT2D eigenvalue weighted by molar-refractivity contribution is 6.17. The fourth-order valence-corrected chi connectivity index (χ4v) is 4.86. The molecule has 3 aromatic heterocycles. The van der Waals surface area contributed by atoms with Crippen molar-refractivity contribution in [3.8, 4) is 5.69 Å². The summed E-state index contributed by atoms with van der Waals surface area (Å²) in [4.78, 5) is 29.5. The summed E-state index contributed by atoms with van der Waals surface area (Å²) < 4.78 is 1.70. The van der Waals surface area contributed by atoms with Crippen LogP contribution in [-0.4, -0.2) is 30.2 Å². The van der Waals surface area contributed by atoms with E-state index >= 15 is 0 Å². The second-order valence-corrected chi connectivity index (χ2v) is 9.22. The number of imidazole rings is 1. The van der Waals surface area contributed by atoms with E-state index in [1.807, 2.05) is 61.5 Å². The van der Waals surface area contributed by atoms with Gasteiger partial charge in [-0.2, -0.15) is 0 Å². The molecule has 0 bridgehead atoms. The molecule has 0 saturated heterocycles. The van der Waals surface area contributed by atoms with Crippen LogP contribution in [0.1, 0.15) is 22.4 Å². The van der Waals surface area contributed by atoms with Crippen LogP contribution >= 0.6 is 0 Å². The Morgan fingerprint density at radius 3 is 2.67 bits per heavy atom. The van der Waals surface area contributed by atoms with E-state index in [1.54, 1.807) is 22.8 Å². The number of hydrogen-bond acceptors (Lipinski definition) is 8. The number of anilines is 3. The summed E-state index contributed by atoms with van der Waals surface area (Å²) in [5.41, 5.74) is 16.8. The van der Waals surface area contributed by atoms with Crippen molar-refractivity contribution in [3.05, 3.63) is 112 Å². The van der Waals surface area contributed by atoms with Crippen LogP contribution in [0.15, 0.2) is 83.9 Å². The number of benzene rings is 3. The van der Waals surface area contributed by atoms with Crippen molar-refractivity contribution >= 4 is 45.1 Å². The number of fused-ring (bicyclic) bond motifs is 2. The summed E-state index contributed by atoms with van der Waals surface area (Å²) in [7, 11) is 0. The van der Waals surface area contributed by atoms with Gasteiger partial charge in [0.25, 0.3) is 5.56 Å². The van der Waals surface area contributed by atoms with Gasteiger partial charge in [-0.1, -0.05) is 42.5 Å². The van der Waals surface area contributed by atoms with Crippen molar-refractivity contribution in [2.45, 2.75) is 13.5 Å². The first-order valence-electron chi connectivity index (χ1n) is 12.3. The van der Waals surface area contributed by atoms with Gasteiger partial charge in [0.05, 0.1) is 34.2 Å². The minimum absolute atomic E-state index is 0.101. The van der Waals surface area contributed by atoms with Crippen LogP contribution in [0.4, 0.5) is 17.6 Å². The Kier molecular flexibility index (Phi) is 5.76. The van der Waals surface area contributed by atoms with Gasteiger partial charge in [-0.25, -0.2) is 15.0 Å². The molecule has 192 valence electrons. The minimum Gasteiger partial charge on any atom is -0.383 e. The highest BCUT2D eigenvalue weighted by Crippen LogP contribution is 2.25. The smallest absolute Gasteiger partial charge is 0.263 e. The van der Waals surface area contributed by atoms with Crippen molar-refractivity contribution in [1.82, 2.24) is 24.5 Å². The number of nitrogen functional groups attached to an aromatic ring is 2. The number of hydrogen-bond donors (Lipinski definition) is 5. The molecule has 0 saturated carbocycles. The molecule has 6 aromatic rings. The molecule has 0 fully saturated rings. The second kappa shape index (κ2) is 9.42. The average molecular weight is 516 g/mol. The highest BCUT2D eigenvalue weighted by Gasteiger charge is 2.19. The van der Waals surface area contributed by atoms with Crippen molar-refractivity contribution in [1.29, 1.82) is 5.41 Å². The molecule has 0 aliphatic carbocycles. The Bertz CT molecular complexity index is 1940. The fraction of sp³-hybridized carbons (Fsp3) is 0.0690. The first-order chi connectivity index (χ1) is 18.9. The van der Waals surface area contributed by atoms with E-state index in [1.165, 1.54) is 6.33 Å². The van der Waals surface area contributed by atoms with E-state index in [0.717, 1.165) is 22.3 Å². The summed E-state index contributed by atoms with van der Waals surface area (Å²) in [5, 5.41) is 13.8. The first-order valence-corrected chi connectivity index (χ1v) is 12.3. The monoisotopic (exact) mass is 515 g/mol. The van der Waals surface area contributed by atoms with Crippen LogP contribution in [-0.2, 0) is 6.54 Å². The molecule has 7 N–H and O–H groups in total. The Labute approximate surface area is 222 Å². The maximum Gasteiger partial charge on any atom is 0.263 e. The molecule has 0 radical (unpaired) electrons. The molecule has 0 spiro atoms. The maximum absolute atomic E-state index is 13.7. The highest BCUT2D eigenvalue weighted by atomic mass is 16.1. The molecule has 0 aliphatic heterocycles. The van der Waals surface area contributed by atoms with Crippen LogP contribution in [0.3, 0.4) is 0 Å². The van der Waals surface area contributed by atoms with Crippen molar-refractivity contribution in [2.24, 2.45) is 0 Å². The second-order valence-electron chi connectivity index (χ2n) is 9.22. The maximum atomic E-state index is 13.7. The van der Waals surface area contributed by atoms with Gasteiger partial charge in [0.2, 0.25) is 0 Å². The molecule has 0 aliphatic rings. The molecule has 0 atom stereocenters. The first kappa shape index (κ1) is 23.9. The molecule has 3 aromatic carbocycles. The largest absolute Gasteiger partial charge is 0.383 e. The lowest BCUT2D eigenvalue weighted by Gasteiger charge is -2.18. The van der Waals surface area contributed by atoms with Gasteiger partial charge in [-0.05, 0) is 48.2 Å². The predicted octanol–water partition coefficient (Wildman–Crippen LogP) is 4.16. The van der Waals surface area contributed by atoms with Gasteiger partial charge in [0, 0.05) is 16.9 Å². The van der Waals surface area contributed by atoms with Gasteiger partial charge in [0.1, 0.15) is 18.0 Å². The fourth-order valence-electron chi connectivity index (χ4n) is 4.86. The number of aromatic nitrogens is 5. The Morgan fingerprint density at radius 1 is 1.03 bits per heavy atom. The summed E-state index contributed by atoms with van der Waals surface area (Å²) in [6, 6.07) is 22.7. The standard InChI is InChI=1S/C29H25N9O/c1-16-6-5-7-17-12-20(38(28(39)23(16)17)19-8-3-2-4-9-19)14-33-27-24(26(31)34-15-35-27)25(30)18-10-11-21-22(13-18)37-29(32)36-21/h2-13,15,30H,14H2,1H3,(H3,32,36,37)(H3,31,33,34,35). The molecule has 6 rings (SSSR count). The van der Waals surface area contributed by atoms with E-state index in [0.29, 0.717) is 39.3 Å². The van der Waals surface area contributed by atoms with Crippen LogP contribution in [0.2, 0.25) is 0 Å². The summed E-state index contributed by atoms with van der Waals surface area (Å²) in [5.74, 6) is 0.845. The number of pyridine rings is 1. The predicted molar refractivity (Wildman–Crippen MR) is 154 cm³/mol. The Morgan fingerprint density at radius 2 is 1.85 bits per heavy atom. The SMILES string of the molecule is Cc1cccc2cc(CNc3ncnc(N)c3C(=N)c3ccc4nc(N)[nH]c4c3)n(-c3ccccc3)c(=O)c12. The third-order valence-corrected chi connectivity index (χ3v) is 6.70. The minimum atomic E-state index is -0.101. The number of aromatic amines is 1. The zero-order valence-electron chi connectivity index (χ0n) is 21.1. The molecule has 0 unspecified atom stereocenters. The van der Waals surface area contributed by atoms with Crippen LogP contribution < -0.4 is 22.3 Å². The van der Waals surface area contributed by atoms with Crippen molar-refractivity contribution < 1.29 is 0 Å². The third kappa shape index (κ3) is 4.23. The lowest BCUT2D eigenvalue weighted by atomic mass is 10.0. The molecule has 10 heteroatoms. The Hall–Kier alpha value is -5.51. The van der Waals surface area contributed by atoms with E-state index in [2.05, 4.69) is 25.3 Å². The normalized spacial score (nSPS) is 11.2. The number of H-pyrrole nitrogens is 1. The zero-order chi connectivity index (χ0) is 27.1. The number of nitrogens with one attached hydrogen (secondary N) is 3. The summed E-state index contributed by atoms with van der Waals surface area (Å²) in [6.45, 7) is 2.19. The van der Waals surface area contributed by atoms with Crippen LogP contribution in [0.25, 0.3) is 27.5 Å². The van der Waals surface area contributed by atoms with Gasteiger partial charge >= 0.3 is 0 Å². The van der Waals surface area contributed by atoms with Gasteiger partial charge in [-0.3, -0.25) is 14.8 Å². The van der Waals surface area contributed by atoms with E-state index in [9.17, 15) is 4.79 Å². The lowest BCUT2D eigenvalue weighted by molar-refractivity contribution is 0.889. The quantitative estimate of drug-likeness (QED) is 0.208. The van der Waals surface area contributed by atoms with E-state index in [4.69, 9.17) is 16.9 Å². The number of nitrogens with two attached hydrogens (primary N) is 2. The molecular formula is C29H25N9O. The summed E-state index contributed by atoms with van der Waals surface area (Å²) in [6.07, 6.45) is 1.35. The molecule has 39 heavy (non-hydrogen) atoms. The van der Waals surface area contributed by atoms with Gasteiger partial charge in [-0.15, -0.1) is 0 Å². The average Bonchev–Trinajstić information content (AvgIpc) is 3.31. The van der Waals surface area contributed by atoms with Crippen LogP contribution in [0.5, 0.6) is 0 Å². The number of para-hydroxylation sites is 1. The van der Waals surface area contributed by atoms with Crippen molar-refractivity contribution in [3.63, 3.8) is 0 Å². The van der Waals surface area contributed by atoms with Gasteiger partial charge < -0.3 is 21.8 Å². The Balaban J connectivity index is 1.42. The number of rotatable bonds is 6.